The first-order valence-corrected chi connectivity index (χ1v) is 9.89. The molecule has 2 aromatic carbocycles. The second-order valence-electron chi connectivity index (χ2n) is 6.40. The number of esters is 1. The van der Waals surface area contributed by atoms with Crippen molar-refractivity contribution in [3.8, 4) is 17.6 Å². The van der Waals surface area contributed by atoms with Gasteiger partial charge in [0.1, 0.15) is 22.2 Å². The molecule has 0 saturated carbocycles. The molecule has 0 bridgehead atoms. The molecule has 0 atom stereocenters. The van der Waals surface area contributed by atoms with Crippen molar-refractivity contribution in [2.45, 2.75) is 4.90 Å². The quantitative estimate of drug-likeness (QED) is 0.201. The van der Waals surface area contributed by atoms with E-state index in [1.165, 1.54) is 26.0 Å². The first-order valence-electron chi connectivity index (χ1n) is 9.08. The van der Waals surface area contributed by atoms with Crippen LogP contribution in [-0.2, 0) is 9.53 Å². The molecule has 32 heavy (non-hydrogen) atoms. The fraction of sp³-hybridized carbons (Fsp3) is 0.190. The Morgan fingerprint density at radius 2 is 1.84 bits per heavy atom. The van der Waals surface area contributed by atoms with E-state index in [1.54, 1.807) is 11.9 Å². The molecule has 0 radical (unpaired) electrons. The number of methoxy groups -OCH3 is 2. The van der Waals surface area contributed by atoms with Gasteiger partial charge in [-0.3, -0.25) is 14.9 Å². The van der Waals surface area contributed by atoms with Gasteiger partial charge in [0.15, 0.2) is 18.1 Å². The number of thioether (sulfide) groups is 1. The Morgan fingerprint density at radius 1 is 1.19 bits per heavy atom. The maximum atomic E-state index is 12.7. The number of hydrogen-bond donors (Lipinski definition) is 0. The van der Waals surface area contributed by atoms with Crippen molar-refractivity contribution in [2.24, 2.45) is 0 Å². The Morgan fingerprint density at radius 3 is 2.44 bits per heavy atom. The minimum absolute atomic E-state index is 0.0594. The fourth-order valence-electron chi connectivity index (χ4n) is 3.01. The van der Waals surface area contributed by atoms with E-state index >= 15 is 0 Å². The van der Waals surface area contributed by atoms with E-state index in [4.69, 9.17) is 14.2 Å². The van der Waals surface area contributed by atoms with E-state index in [-0.39, 0.29) is 17.1 Å². The molecule has 164 valence electrons. The van der Waals surface area contributed by atoms with Crippen LogP contribution >= 0.6 is 11.8 Å². The summed E-state index contributed by atoms with van der Waals surface area (Å²) in [7, 11) is 4.32. The number of ketones is 1. The Kier molecular flexibility index (Phi) is 6.65. The number of carbonyl (C=O) groups is 2. The molecule has 0 amide bonds. The molecule has 3 rings (SSSR count). The van der Waals surface area contributed by atoms with Crippen LogP contribution in [0.15, 0.2) is 51.9 Å². The number of hydrogen-bond acceptors (Lipinski definition) is 10. The third kappa shape index (κ3) is 4.21. The van der Waals surface area contributed by atoms with E-state index in [2.05, 4.69) is 0 Å². The van der Waals surface area contributed by atoms with E-state index in [0.29, 0.717) is 5.03 Å². The van der Waals surface area contributed by atoms with Crippen LogP contribution in [0.5, 0.6) is 11.5 Å². The van der Waals surface area contributed by atoms with Gasteiger partial charge >= 0.3 is 5.97 Å². The molecule has 1 heterocycles. The lowest BCUT2D eigenvalue weighted by atomic mass is 10.1. The van der Waals surface area contributed by atoms with Crippen LogP contribution in [-0.4, -0.2) is 44.6 Å². The van der Waals surface area contributed by atoms with Crippen LogP contribution < -0.4 is 14.4 Å². The van der Waals surface area contributed by atoms with Gasteiger partial charge in [0, 0.05) is 18.0 Å². The molecule has 0 spiro atoms. The van der Waals surface area contributed by atoms with Crippen LogP contribution in [0, 0.1) is 21.4 Å². The molecule has 0 saturated heterocycles. The van der Waals surface area contributed by atoms with Crippen molar-refractivity contribution in [1.82, 2.24) is 0 Å². The Hall–Kier alpha value is -4.04. The SMILES string of the molecule is COc1cc(C(=O)OCC(=O)/C(C#N)=C2/Sc3ccccc3N2C)c([N+](=O)[O-])cc1OC. The maximum Gasteiger partial charge on any atom is 0.345 e. The number of ether oxygens (including phenoxy) is 3. The number of para-hydroxylation sites is 1. The zero-order chi connectivity index (χ0) is 23.4. The van der Waals surface area contributed by atoms with E-state index < -0.39 is 34.5 Å². The monoisotopic (exact) mass is 455 g/mol. The molecule has 0 fully saturated rings. The highest BCUT2D eigenvalue weighted by molar-refractivity contribution is 8.03. The molecular weight excluding hydrogens is 438 g/mol. The van der Waals surface area contributed by atoms with Gasteiger partial charge in [-0.25, -0.2) is 4.79 Å². The predicted molar refractivity (Wildman–Crippen MR) is 115 cm³/mol. The molecule has 0 unspecified atom stereocenters. The van der Waals surface area contributed by atoms with Gasteiger partial charge in [0.05, 0.1) is 30.9 Å². The minimum Gasteiger partial charge on any atom is -0.493 e. The minimum atomic E-state index is -1.11. The largest absolute Gasteiger partial charge is 0.493 e. The van der Waals surface area contributed by atoms with Gasteiger partial charge in [0.2, 0.25) is 5.78 Å². The molecule has 10 nitrogen and oxygen atoms in total. The Labute approximate surface area is 187 Å². The number of fused-ring (bicyclic) bond motifs is 1. The summed E-state index contributed by atoms with van der Waals surface area (Å²) in [4.78, 5) is 38.4. The van der Waals surface area contributed by atoms with E-state index in [1.807, 2.05) is 30.3 Å². The lowest BCUT2D eigenvalue weighted by Gasteiger charge is -2.14. The number of benzene rings is 2. The second kappa shape index (κ2) is 9.40. The van der Waals surface area contributed by atoms with Gasteiger partial charge in [-0.1, -0.05) is 23.9 Å². The number of carbonyl (C=O) groups excluding carboxylic acids is 2. The molecule has 2 aromatic rings. The summed E-state index contributed by atoms with van der Waals surface area (Å²) in [6, 6.07) is 11.4. The number of Topliss-reactive ketones (excluding diaryl/α,β-unsaturated/α-hetero) is 1. The molecule has 11 heteroatoms. The van der Waals surface area contributed by atoms with Crippen LogP contribution in [0.4, 0.5) is 11.4 Å². The Bertz CT molecular complexity index is 1190. The average Bonchev–Trinajstić information content (AvgIpc) is 3.13. The van der Waals surface area contributed by atoms with Crippen molar-refractivity contribution in [1.29, 1.82) is 5.26 Å². The normalized spacial score (nSPS) is 13.6. The standard InChI is InChI=1S/C21H17N3O7S/c1-23-14-6-4-5-7-19(14)32-20(23)13(10-22)16(25)11-31-21(26)12-8-17(29-2)18(30-3)9-15(12)24(27)28/h4-9H,11H2,1-3H3/b20-13+. The molecule has 1 aliphatic rings. The third-order valence-electron chi connectivity index (χ3n) is 4.60. The van der Waals surface area contributed by atoms with Crippen molar-refractivity contribution in [3.05, 3.63) is 62.7 Å². The van der Waals surface area contributed by atoms with Crippen LogP contribution in [0.3, 0.4) is 0 Å². The third-order valence-corrected chi connectivity index (χ3v) is 5.83. The number of nitro groups is 1. The number of rotatable bonds is 7. The maximum absolute atomic E-state index is 12.7. The first-order chi connectivity index (χ1) is 15.3. The number of nitrogens with zero attached hydrogens (tertiary/aromatic N) is 3. The van der Waals surface area contributed by atoms with Crippen molar-refractivity contribution >= 4 is 34.9 Å². The van der Waals surface area contributed by atoms with E-state index in [9.17, 15) is 25.0 Å². The van der Waals surface area contributed by atoms with Crippen molar-refractivity contribution in [3.63, 3.8) is 0 Å². The first kappa shape index (κ1) is 22.6. The summed E-state index contributed by atoms with van der Waals surface area (Å²) in [6.45, 7) is -0.762. The lowest BCUT2D eigenvalue weighted by Crippen LogP contribution is -2.20. The number of nitro benzene ring substituents is 1. The van der Waals surface area contributed by atoms with E-state index in [0.717, 1.165) is 22.7 Å². The van der Waals surface area contributed by atoms with Crippen LogP contribution in [0.1, 0.15) is 10.4 Å². The second-order valence-corrected chi connectivity index (χ2v) is 7.43. The van der Waals surface area contributed by atoms with Crippen LogP contribution in [0.25, 0.3) is 0 Å². The van der Waals surface area contributed by atoms with Gasteiger partial charge in [-0.05, 0) is 12.1 Å². The summed E-state index contributed by atoms with van der Waals surface area (Å²) >= 11 is 1.25. The predicted octanol–water partition coefficient (Wildman–Crippen LogP) is 3.32. The van der Waals surface area contributed by atoms with Gasteiger partial charge in [0.25, 0.3) is 5.69 Å². The van der Waals surface area contributed by atoms with Gasteiger partial charge in [-0.2, -0.15) is 5.26 Å². The summed E-state index contributed by atoms with van der Waals surface area (Å²) in [5.41, 5.74) is -0.318. The molecular formula is C21H17N3O7S. The fourth-order valence-corrected chi connectivity index (χ4v) is 4.18. The lowest BCUT2D eigenvalue weighted by molar-refractivity contribution is -0.385. The van der Waals surface area contributed by atoms with Crippen molar-refractivity contribution in [2.75, 3.05) is 32.8 Å². The van der Waals surface area contributed by atoms with Crippen LogP contribution in [0.2, 0.25) is 0 Å². The van der Waals surface area contributed by atoms with Gasteiger partial charge in [-0.15, -0.1) is 0 Å². The molecule has 0 aliphatic carbocycles. The molecule has 0 N–H and O–H groups in total. The Balaban J connectivity index is 1.83. The zero-order valence-electron chi connectivity index (χ0n) is 17.3. The molecule has 0 aromatic heterocycles. The topological polar surface area (TPSA) is 132 Å². The molecule has 1 aliphatic heterocycles. The van der Waals surface area contributed by atoms with Gasteiger partial charge < -0.3 is 19.1 Å². The smallest absolute Gasteiger partial charge is 0.345 e. The van der Waals surface area contributed by atoms with Crippen molar-refractivity contribution < 1.29 is 28.7 Å². The highest BCUT2D eigenvalue weighted by atomic mass is 32.2. The summed E-state index contributed by atoms with van der Waals surface area (Å²) in [5, 5.41) is 21.3. The highest BCUT2D eigenvalue weighted by Crippen LogP contribution is 2.46. The number of nitriles is 1. The summed E-state index contributed by atoms with van der Waals surface area (Å²) in [5.74, 6) is -1.70. The zero-order valence-corrected chi connectivity index (χ0v) is 18.1. The summed E-state index contributed by atoms with van der Waals surface area (Å²) < 4.78 is 15.1. The average molecular weight is 455 g/mol. The highest BCUT2D eigenvalue weighted by Gasteiger charge is 2.30. The summed E-state index contributed by atoms with van der Waals surface area (Å²) in [6.07, 6.45) is 0. The number of anilines is 1.